The minimum atomic E-state index is 0.171. The fourth-order valence-corrected chi connectivity index (χ4v) is 2.76. The second-order valence-electron chi connectivity index (χ2n) is 4.97. The topological polar surface area (TPSA) is 18.5 Å². The van der Waals surface area contributed by atoms with Crippen LogP contribution in [0.5, 0.6) is 5.75 Å². The molecule has 0 bridgehead atoms. The van der Waals surface area contributed by atoms with Crippen molar-refractivity contribution in [3.63, 3.8) is 0 Å². The maximum atomic E-state index is 5.92. The summed E-state index contributed by atoms with van der Waals surface area (Å²) in [6, 6.07) is 18.7. The lowest BCUT2D eigenvalue weighted by atomic mass is 9.80. The number of benzene rings is 2. The molecule has 1 heterocycles. The van der Waals surface area contributed by atoms with Crippen LogP contribution in [-0.2, 0) is 4.74 Å². The Morgan fingerprint density at radius 2 is 1.58 bits per heavy atom. The molecule has 2 nitrogen and oxygen atoms in total. The predicted octanol–water partition coefficient (Wildman–Crippen LogP) is 3.94. The van der Waals surface area contributed by atoms with Crippen LogP contribution in [0.15, 0.2) is 54.6 Å². The average molecular weight is 254 g/mol. The predicted molar refractivity (Wildman–Crippen MR) is 75.5 cm³/mol. The first-order valence-corrected chi connectivity index (χ1v) is 6.64. The molecule has 0 radical (unpaired) electrons. The van der Waals surface area contributed by atoms with E-state index in [-0.39, 0.29) is 12.2 Å². The minimum Gasteiger partial charge on any atom is -0.497 e. The molecule has 0 amide bonds. The van der Waals surface area contributed by atoms with Crippen molar-refractivity contribution in [3.8, 4) is 5.75 Å². The molecule has 0 aliphatic carbocycles. The molecule has 1 fully saturated rings. The fraction of sp³-hybridized carbons (Fsp3) is 0.294. The van der Waals surface area contributed by atoms with Crippen molar-refractivity contribution < 1.29 is 9.47 Å². The molecule has 1 saturated heterocycles. The molecule has 1 aliphatic rings. The Kier molecular flexibility index (Phi) is 3.26. The van der Waals surface area contributed by atoms with Crippen LogP contribution in [0.1, 0.15) is 30.1 Å². The van der Waals surface area contributed by atoms with Crippen LogP contribution in [0.2, 0.25) is 0 Å². The molecule has 3 rings (SSSR count). The smallest absolute Gasteiger partial charge is 0.118 e. The van der Waals surface area contributed by atoms with Crippen molar-refractivity contribution in [2.45, 2.75) is 25.0 Å². The molecule has 2 heteroatoms. The van der Waals surface area contributed by atoms with Gasteiger partial charge in [-0.05, 0) is 30.2 Å². The number of rotatable bonds is 3. The van der Waals surface area contributed by atoms with Gasteiger partial charge in [-0.15, -0.1) is 0 Å². The van der Waals surface area contributed by atoms with Gasteiger partial charge in [0.1, 0.15) is 5.75 Å². The van der Waals surface area contributed by atoms with Crippen LogP contribution in [0.3, 0.4) is 0 Å². The Balaban J connectivity index is 1.85. The van der Waals surface area contributed by atoms with Crippen molar-refractivity contribution >= 4 is 0 Å². The Labute approximate surface area is 114 Å². The lowest BCUT2D eigenvalue weighted by Gasteiger charge is -2.44. The first-order chi connectivity index (χ1) is 9.29. The number of methoxy groups -OCH3 is 1. The van der Waals surface area contributed by atoms with Crippen LogP contribution >= 0.6 is 0 Å². The number of hydrogen-bond donors (Lipinski definition) is 0. The van der Waals surface area contributed by atoms with E-state index in [0.717, 1.165) is 5.75 Å². The first-order valence-electron chi connectivity index (χ1n) is 6.64. The molecule has 0 saturated carbocycles. The van der Waals surface area contributed by atoms with Crippen LogP contribution in [0.4, 0.5) is 0 Å². The number of hydrogen-bond acceptors (Lipinski definition) is 2. The van der Waals surface area contributed by atoms with Gasteiger partial charge < -0.3 is 9.47 Å². The van der Waals surface area contributed by atoms with Gasteiger partial charge in [-0.1, -0.05) is 42.5 Å². The largest absolute Gasteiger partial charge is 0.497 e. The van der Waals surface area contributed by atoms with Gasteiger partial charge in [0.2, 0.25) is 0 Å². The summed E-state index contributed by atoms with van der Waals surface area (Å²) in [5.41, 5.74) is 2.56. The summed E-state index contributed by atoms with van der Waals surface area (Å²) in [5.74, 6) is 1.32. The molecule has 2 aromatic rings. The zero-order valence-electron chi connectivity index (χ0n) is 11.2. The zero-order chi connectivity index (χ0) is 13.2. The third kappa shape index (κ3) is 2.24. The van der Waals surface area contributed by atoms with Gasteiger partial charge in [0.15, 0.2) is 0 Å². The van der Waals surface area contributed by atoms with Gasteiger partial charge >= 0.3 is 0 Å². The molecule has 0 aromatic heterocycles. The van der Waals surface area contributed by atoms with E-state index in [1.807, 2.05) is 18.2 Å². The monoisotopic (exact) mass is 254 g/mol. The summed E-state index contributed by atoms with van der Waals surface area (Å²) in [6.07, 6.45) is 0.434. The van der Waals surface area contributed by atoms with Gasteiger partial charge in [0.25, 0.3) is 0 Å². The summed E-state index contributed by atoms with van der Waals surface area (Å²) in [4.78, 5) is 0. The molecule has 98 valence electrons. The maximum Gasteiger partial charge on any atom is 0.118 e. The second-order valence-corrected chi connectivity index (χ2v) is 4.97. The van der Waals surface area contributed by atoms with Gasteiger partial charge in [0.05, 0.1) is 19.3 Å². The maximum absolute atomic E-state index is 5.92. The van der Waals surface area contributed by atoms with Crippen molar-refractivity contribution in [1.82, 2.24) is 0 Å². The van der Waals surface area contributed by atoms with E-state index < -0.39 is 0 Å². The molecule has 0 N–H and O–H groups in total. The molecule has 1 aliphatic heterocycles. The lowest BCUT2D eigenvalue weighted by Crippen LogP contribution is -2.38. The van der Waals surface area contributed by atoms with Crippen molar-refractivity contribution in [1.29, 1.82) is 0 Å². The van der Waals surface area contributed by atoms with E-state index >= 15 is 0 Å². The summed E-state index contributed by atoms with van der Waals surface area (Å²) >= 11 is 0. The van der Waals surface area contributed by atoms with Crippen molar-refractivity contribution in [2.75, 3.05) is 7.11 Å². The standard InChI is InChI=1S/C17H18O2/c1-12-16(13-8-10-15(18-2)11-9-13)17(19-12)14-6-4-3-5-7-14/h3-12,16-17H,1-2H3/t12-,16+,17+/m1/s1. The highest BCUT2D eigenvalue weighted by atomic mass is 16.5. The van der Waals surface area contributed by atoms with Gasteiger partial charge in [-0.3, -0.25) is 0 Å². The van der Waals surface area contributed by atoms with Crippen LogP contribution in [0, 0.1) is 0 Å². The minimum absolute atomic E-state index is 0.171. The molecule has 0 spiro atoms. The Morgan fingerprint density at radius 3 is 2.16 bits per heavy atom. The molecule has 19 heavy (non-hydrogen) atoms. The van der Waals surface area contributed by atoms with Crippen molar-refractivity contribution in [2.24, 2.45) is 0 Å². The number of ether oxygens (including phenoxy) is 2. The van der Waals surface area contributed by atoms with E-state index in [0.29, 0.717) is 5.92 Å². The highest BCUT2D eigenvalue weighted by Gasteiger charge is 2.41. The Bertz CT molecular complexity index is 533. The van der Waals surface area contributed by atoms with E-state index in [4.69, 9.17) is 9.47 Å². The first kappa shape index (κ1) is 12.2. The zero-order valence-corrected chi connectivity index (χ0v) is 11.2. The summed E-state index contributed by atoms with van der Waals surface area (Å²) in [7, 11) is 1.69. The van der Waals surface area contributed by atoms with E-state index in [1.54, 1.807) is 7.11 Å². The van der Waals surface area contributed by atoms with Gasteiger partial charge in [-0.25, -0.2) is 0 Å². The van der Waals surface area contributed by atoms with Gasteiger partial charge in [0, 0.05) is 5.92 Å². The highest BCUT2D eigenvalue weighted by molar-refractivity contribution is 5.34. The van der Waals surface area contributed by atoms with Crippen molar-refractivity contribution in [3.05, 3.63) is 65.7 Å². The molecular weight excluding hydrogens is 236 g/mol. The molecule has 2 aromatic carbocycles. The van der Waals surface area contributed by atoms with E-state index in [1.165, 1.54) is 11.1 Å². The SMILES string of the molecule is COc1ccc([C@@H]2[C@@H](C)O[C@H]2c2ccccc2)cc1. The Hall–Kier alpha value is -1.80. The van der Waals surface area contributed by atoms with E-state index in [9.17, 15) is 0 Å². The average Bonchev–Trinajstić information content (AvgIpc) is 2.46. The van der Waals surface area contributed by atoms with Gasteiger partial charge in [-0.2, -0.15) is 0 Å². The summed E-state index contributed by atoms with van der Waals surface area (Å²) in [6.45, 7) is 2.13. The van der Waals surface area contributed by atoms with E-state index in [2.05, 4.69) is 43.3 Å². The summed E-state index contributed by atoms with van der Waals surface area (Å²) in [5, 5.41) is 0. The third-order valence-corrected chi connectivity index (χ3v) is 3.82. The lowest BCUT2D eigenvalue weighted by molar-refractivity contribution is -0.142. The van der Waals surface area contributed by atoms with Crippen LogP contribution in [0.25, 0.3) is 0 Å². The molecule has 3 atom stereocenters. The fourth-order valence-electron chi connectivity index (χ4n) is 2.76. The molecular formula is C17H18O2. The highest BCUT2D eigenvalue weighted by Crippen LogP contribution is 2.47. The quantitative estimate of drug-likeness (QED) is 0.826. The second kappa shape index (κ2) is 5.06. The van der Waals surface area contributed by atoms with Crippen LogP contribution < -0.4 is 4.74 Å². The third-order valence-electron chi connectivity index (χ3n) is 3.82. The summed E-state index contributed by atoms with van der Waals surface area (Å²) < 4.78 is 11.1. The normalized spacial score (nSPS) is 25.7. The molecule has 0 unspecified atom stereocenters. The van der Waals surface area contributed by atoms with Crippen LogP contribution in [-0.4, -0.2) is 13.2 Å². The Morgan fingerprint density at radius 1 is 0.895 bits per heavy atom.